The smallest absolute Gasteiger partial charge is 0.255 e. The van der Waals surface area contributed by atoms with Crippen LogP contribution in [0.25, 0.3) is 0 Å². The third-order valence-corrected chi connectivity index (χ3v) is 5.14. The first-order chi connectivity index (χ1) is 11.8. The van der Waals surface area contributed by atoms with E-state index in [0.29, 0.717) is 12.5 Å². The summed E-state index contributed by atoms with van der Waals surface area (Å²) in [6, 6.07) is 10.4. The van der Waals surface area contributed by atoms with Gasteiger partial charge in [0.1, 0.15) is 5.82 Å². The summed E-state index contributed by atoms with van der Waals surface area (Å²) in [5, 5.41) is 3.36. The summed E-state index contributed by atoms with van der Waals surface area (Å²) in [6.07, 6.45) is 2.98. The number of nitrogens with one attached hydrogen (secondary N) is 2. The van der Waals surface area contributed by atoms with Crippen LogP contribution in [0.5, 0.6) is 0 Å². The summed E-state index contributed by atoms with van der Waals surface area (Å²) >= 11 is 0. The minimum absolute atomic E-state index is 0.0614. The van der Waals surface area contributed by atoms with Crippen molar-refractivity contribution in [3.63, 3.8) is 0 Å². The van der Waals surface area contributed by atoms with Crippen LogP contribution in [0.15, 0.2) is 35.1 Å². The quantitative estimate of drug-likeness (QED) is 0.904. The maximum Gasteiger partial charge on any atom is 0.255 e. The van der Waals surface area contributed by atoms with Crippen LogP contribution in [-0.4, -0.2) is 34.5 Å². The van der Waals surface area contributed by atoms with Crippen molar-refractivity contribution >= 4 is 0 Å². The fourth-order valence-electron chi connectivity index (χ4n) is 3.77. The topological polar surface area (TPSA) is 61.0 Å². The van der Waals surface area contributed by atoms with Crippen LogP contribution in [0.3, 0.4) is 0 Å². The van der Waals surface area contributed by atoms with Gasteiger partial charge in [0.25, 0.3) is 5.56 Å². The van der Waals surface area contributed by atoms with E-state index in [9.17, 15) is 4.79 Å². The van der Waals surface area contributed by atoms with E-state index in [-0.39, 0.29) is 5.56 Å². The molecule has 0 saturated carbocycles. The number of piperidine rings is 1. The number of fused-ring (bicyclic) bond motifs is 1. The van der Waals surface area contributed by atoms with Gasteiger partial charge in [-0.1, -0.05) is 30.3 Å². The lowest BCUT2D eigenvalue weighted by Crippen LogP contribution is -2.36. The maximum atomic E-state index is 12.6. The van der Waals surface area contributed by atoms with Crippen molar-refractivity contribution < 1.29 is 0 Å². The van der Waals surface area contributed by atoms with E-state index in [0.717, 1.165) is 62.5 Å². The molecule has 5 nitrogen and oxygen atoms in total. The fourth-order valence-corrected chi connectivity index (χ4v) is 3.77. The monoisotopic (exact) mass is 324 g/mol. The molecule has 0 spiro atoms. The Balaban J connectivity index is 1.53. The zero-order chi connectivity index (χ0) is 16.4. The predicted octanol–water partition coefficient (Wildman–Crippen LogP) is 1.80. The van der Waals surface area contributed by atoms with E-state index < -0.39 is 0 Å². The average molecular weight is 324 g/mol. The second-order valence-corrected chi connectivity index (χ2v) is 6.85. The molecular formula is C19H24N4O. The highest BCUT2D eigenvalue weighted by Gasteiger charge is 2.24. The molecule has 5 heteroatoms. The highest BCUT2D eigenvalue weighted by Crippen LogP contribution is 2.23. The number of aromatic amines is 1. The Morgan fingerprint density at radius 2 is 1.96 bits per heavy atom. The highest BCUT2D eigenvalue weighted by molar-refractivity contribution is 5.23. The Labute approximate surface area is 142 Å². The van der Waals surface area contributed by atoms with Gasteiger partial charge in [-0.15, -0.1) is 0 Å². The van der Waals surface area contributed by atoms with Crippen LogP contribution in [0.1, 0.15) is 41.4 Å². The second-order valence-electron chi connectivity index (χ2n) is 6.85. The van der Waals surface area contributed by atoms with Crippen molar-refractivity contribution in [2.45, 2.75) is 38.3 Å². The Hall–Kier alpha value is -1.98. The first-order valence-corrected chi connectivity index (χ1v) is 8.88. The molecule has 2 aliphatic rings. The lowest BCUT2D eigenvalue weighted by atomic mass is 9.96. The fraction of sp³-hybridized carbons (Fsp3) is 0.474. The minimum atomic E-state index is 0.0614. The summed E-state index contributed by atoms with van der Waals surface area (Å²) < 4.78 is 0. The molecule has 126 valence electrons. The Kier molecular flexibility index (Phi) is 4.45. The normalized spacial score (nSPS) is 19.2. The SMILES string of the molecule is O=c1[nH]c(C2CCNCC2)nc2c1CN(Cc1ccccc1)CC2. The predicted molar refractivity (Wildman–Crippen MR) is 94.0 cm³/mol. The molecule has 0 atom stereocenters. The minimum Gasteiger partial charge on any atom is -0.317 e. The zero-order valence-electron chi connectivity index (χ0n) is 13.9. The Morgan fingerprint density at radius 3 is 2.75 bits per heavy atom. The number of hydrogen-bond acceptors (Lipinski definition) is 4. The molecule has 1 fully saturated rings. The lowest BCUT2D eigenvalue weighted by molar-refractivity contribution is 0.241. The molecule has 0 bridgehead atoms. The molecule has 0 amide bonds. The summed E-state index contributed by atoms with van der Waals surface area (Å²) in [5.74, 6) is 1.29. The van der Waals surface area contributed by atoms with Crippen LogP contribution in [0.4, 0.5) is 0 Å². The van der Waals surface area contributed by atoms with E-state index in [4.69, 9.17) is 4.98 Å². The Morgan fingerprint density at radius 1 is 1.17 bits per heavy atom. The van der Waals surface area contributed by atoms with E-state index in [1.807, 2.05) is 6.07 Å². The molecule has 2 N–H and O–H groups in total. The third kappa shape index (κ3) is 3.28. The van der Waals surface area contributed by atoms with Crippen LogP contribution < -0.4 is 10.9 Å². The molecule has 2 aliphatic heterocycles. The number of H-pyrrole nitrogens is 1. The molecule has 4 rings (SSSR count). The van der Waals surface area contributed by atoms with Gasteiger partial charge in [-0.05, 0) is 31.5 Å². The van der Waals surface area contributed by atoms with Gasteiger partial charge >= 0.3 is 0 Å². The van der Waals surface area contributed by atoms with Crippen molar-refractivity contribution in [2.75, 3.05) is 19.6 Å². The lowest BCUT2D eigenvalue weighted by Gasteiger charge is -2.29. The van der Waals surface area contributed by atoms with E-state index in [1.54, 1.807) is 0 Å². The van der Waals surface area contributed by atoms with Crippen molar-refractivity contribution in [1.82, 2.24) is 20.2 Å². The molecule has 0 radical (unpaired) electrons. The van der Waals surface area contributed by atoms with Crippen molar-refractivity contribution in [3.8, 4) is 0 Å². The molecule has 3 heterocycles. The van der Waals surface area contributed by atoms with Gasteiger partial charge in [0, 0.05) is 32.0 Å². The summed E-state index contributed by atoms with van der Waals surface area (Å²) in [4.78, 5) is 22.8. The van der Waals surface area contributed by atoms with Crippen molar-refractivity contribution in [3.05, 3.63) is 63.3 Å². The number of rotatable bonds is 3. The summed E-state index contributed by atoms with van der Waals surface area (Å²) in [7, 11) is 0. The number of hydrogen-bond donors (Lipinski definition) is 2. The van der Waals surface area contributed by atoms with E-state index in [1.165, 1.54) is 5.56 Å². The molecule has 0 aliphatic carbocycles. The van der Waals surface area contributed by atoms with E-state index >= 15 is 0 Å². The molecular weight excluding hydrogens is 300 g/mol. The van der Waals surface area contributed by atoms with Crippen LogP contribution in [0.2, 0.25) is 0 Å². The van der Waals surface area contributed by atoms with Crippen LogP contribution >= 0.6 is 0 Å². The average Bonchev–Trinajstić information content (AvgIpc) is 2.64. The van der Waals surface area contributed by atoms with Gasteiger partial charge in [0.2, 0.25) is 0 Å². The first kappa shape index (κ1) is 15.5. The molecule has 0 unspecified atom stereocenters. The van der Waals surface area contributed by atoms with Gasteiger partial charge in [0.15, 0.2) is 0 Å². The van der Waals surface area contributed by atoms with E-state index in [2.05, 4.69) is 39.5 Å². The molecule has 1 aromatic heterocycles. The maximum absolute atomic E-state index is 12.6. The van der Waals surface area contributed by atoms with Crippen LogP contribution in [0, 0.1) is 0 Å². The molecule has 24 heavy (non-hydrogen) atoms. The zero-order valence-corrected chi connectivity index (χ0v) is 13.9. The van der Waals surface area contributed by atoms with Gasteiger partial charge in [-0.2, -0.15) is 0 Å². The number of aromatic nitrogens is 2. The summed E-state index contributed by atoms with van der Waals surface area (Å²) in [6.45, 7) is 4.56. The van der Waals surface area contributed by atoms with Gasteiger partial charge in [-0.25, -0.2) is 4.98 Å². The third-order valence-electron chi connectivity index (χ3n) is 5.14. The Bertz CT molecular complexity index is 750. The highest BCUT2D eigenvalue weighted by atomic mass is 16.1. The van der Waals surface area contributed by atoms with Crippen LogP contribution in [-0.2, 0) is 19.5 Å². The first-order valence-electron chi connectivity index (χ1n) is 8.88. The van der Waals surface area contributed by atoms with Crippen molar-refractivity contribution in [2.24, 2.45) is 0 Å². The van der Waals surface area contributed by atoms with Crippen molar-refractivity contribution in [1.29, 1.82) is 0 Å². The number of nitrogens with zero attached hydrogens (tertiary/aromatic N) is 2. The van der Waals surface area contributed by atoms with Gasteiger partial charge < -0.3 is 10.3 Å². The summed E-state index contributed by atoms with van der Waals surface area (Å²) in [5.41, 5.74) is 3.22. The second kappa shape index (κ2) is 6.87. The largest absolute Gasteiger partial charge is 0.317 e. The number of benzene rings is 1. The van der Waals surface area contributed by atoms with Gasteiger partial charge in [0.05, 0.1) is 11.3 Å². The standard InChI is InChI=1S/C19H24N4O/c24-19-16-13-23(12-14-4-2-1-3-5-14)11-8-17(16)21-18(22-19)15-6-9-20-10-7-15/h1-5,15,20H,6-13H2,(H,21,22,24). The molecule has 1 aromatic carbocycles. The van der Waals surface area contributed by atoms with Gasteiger partial charge in [-0.3, -0.25) is 9.69 Å². The molecule has 1 saturated heterocycles. The molecule has 2 aromatic rings.